The molecule has 3 aromatic carbocycles. The largest absolute Gasteiger partial charge is 0.494 e. The van der Waals surface area contributed by atoms with E-state index in [1.165, 1.54) is 12.1 Å². The molecule has 0 unspecified atom stereocenters. The van der Waals surface area contributed by atoms with Gasteiger partial charge < -0.3 is 14.8 Å². The van der Waals surface area contributed by atoms with Gasteiger partial charge >= 0.3 is 0 Å². The zero-order valence-electron chi connectivity index (χ0n) is 18.5. The molecular weight excluding hydrogens is 457 g/mol. The lowest BCUT2D eigenvalue weighted by Crippen LogP contribution is -2.13. The Hall–Kier alpha value is -3.84. The molecule has 8 heteroatoms. The number of rotatable bonds is 9. The minimum Gasteiger partial charge on any atom is -0.494 e. The van der Waals surface area contributed by atoms with Crippen LogP contribution in [-0.4, -0.2) is 22.3 Å². The highest BCUT2D eigenvalue weighted by Gasteiger charge is 2.13. The Morgan fingerprint density at radius 3 is 2.41 bits per heavy atom. The fraction of sp³-hybridized carbons (Fsp3) is 0.154. The van der Waals surface area contributed by atoms with E-state index in [0.29, 0.717) is 36.1 Å². The van der Waals surface area contributed by atoms with Crippen molar-refractivity contribution in [2.24, 2.45) is 0 Å². The maximum absolute atomic E-state index is 13.1. The van der Waals surface area contributed by atoms with Gasteiger partial charge in [-0.2, -0.15) is 5.10 Å². The van der Waals surface area contributed by atoms with E-state index in [-0.39, 0.29) is 17.5 Å². The lowest BCUT2D eigenvalue weighted by molar-refractivity contribution is 0.102. The van der Waals surface area contributed by atoms with Gasteiger partial charge in [-0.05, 0) is 66.6 Å². The molecule has 0 aliphatic carbocycles. The first-order valence-corrected chi connectivity index (χ1v) is 11.1. The fourth-order valence-corrected chi connectivity index (χ4v) is 3.48. The SMILES string of the molecule is CCOc1ccc(OCc2cccc(C(=O)Nc3nn(Cc4ccc(F)cc4)cc3Cl)c2)cc1. The topological polar surface area (TPSA) is 65.4 Å². The molecule has 1 heterocycles. The molecular formula is C26H23ClFN3O3. The molecule has 0 bridgehead atoms. The van der Waals surface area contributed by atoms with Crippen molar-refractivity contribution in [2.75, 3.05) is 11.9 Å². The lowest BCUT2D eigenvalue weighted by atomic mass is 10.1. The van der Waals surface area contributed by atoms with Gasteiger partial charge in [0.25, 0.3) is 5.91 Å². The summed E-state index contributed by atoms with van der Waals surface area (Å²) in [5.74, 6) is 1.10. The number of nitrogens with zero attached hydrogens (tertiary/aromatic N) is 2. The van der Waals surface area contributed by atoms with Crippen molar-refractivity contribution >= 4 is 23.3 Å². The summed E-state index contributed by atoms with van der Waals surface area (Å²) in [6.07, 6.45) is 1.61. The monoisotopic (exact) mass is 479 g/mol. The Kier molecular flexibility index (Phi) is 7.44. The first kappa shape index (κ1) is 23.3. The third-order valence-electron chi connectivity index (χ3n) is 4.94. The molecule has 34 heavy (non-hydrogen) atoms. The second kappa shape index (κ2) is 10.9. The third kappa shape index (κ3) is 6.14. The number of benzene rings is 3. The van der Waals surface area contributed by atoms with E-state index < -0.39 is 0 Å². The van der Waals surface area contributed by atoms with Crippen LogP contribution in [0.3, 0.4) is 0 Å². The Morgan fingerprint density at radius 2 is 1.71 bits per heavy atom. The Labute approximate surface area is 201 Å². The molecule has 0 saturated carbocycles. The van der Waals surface area contributed by atoms with Crippen molar-refractivity contribution in [1.82, 2.24) is 9.78 Å². The predicted molar refractivity (Wildman–Crippen MR) is 129 cm³/mol. The van der Waals surface area contributed by atoms with E-state index in [4.69, 9.17) is 21.1 Å². The first-order valence-electron chi connectivity index (χ1n) is 10.7. The number of carbonyl (C=O) groups excluding carboxylic acids is 1. The zero-order chi connectivity index (χ0) is 23.9. The van der Waals surface area contributed by atoms with Gasteiger partial charge in [-0.3, -0.25) is 9.48 Å². The van der Waals surface area contributed by atoms with Crippen LogP contribution in [0.5, 0.6) is 11.5 Å². The number of carbonyl (C=O) groups is 1. The van der Waals surface area contributed by atoms with Crippen molar-refractivity contribution in [3.8, 4) is 11.5 Å². The van der Waals surface area contributed by atoms with E-state index in [1.54, 1.807) is 41.2 Å². The average molecular weight is 480 g/mol. The van der Waals surface area contributed by atoms with Gasteiger partial charge in [-0.25, -0.2) is 4.39 Å². The highest BCUT2D eigenvalue weighted by Crippen LogP contribution is 2.22. The highest BCUT2D eigenvalue weighted by atomic mass is 35.5. The van der Waals surface area contributed by atoms with Crippen molar-refractivity contribution in [3.05, 3.63) is 107 Å². The van der Waals surface area contributed by atoms with Gasteiger partial charge in [0.05, 0.1) is 13.2 Å². The highest BCUT2D eigenvalue weighted by molar-refractivity contribution is 6.33. The van der Waals surface area contributed by atoms with Gasteiger partial charge in [0.2, 0.25) is 0 Å². The Bertz CT molecular complexity index is 1260. The van der Waals surface area contributed by atoms with E-state index in [9.17, 15) is 9.18 Å². The molecule has 1 N–H and O–H groups in total. The van der Waals surface area contributed by atoms with Crippen molar-refractivity contribution in [2.45, 2.75) is 20.1 Å². The van der Waals surface area contributed by atoms with Crippen LogP contribution in [0, 0.1) is 5.82 Å². The molecule has 0 atom stereocenters. The number of ether oxygens (including phenoxy) is 2. The number of hydrogen-bond acceptors (Lipinski definition) is 4. The lowest BCUT2D eigenvalue weighted by Gasteiger charge is -2.09. The van der Waals surface area contributed by atoms with Gasteiger partial charge in [0, 0.05) is 11.8 Å². The molecule has 0 aliphatic heterocycles. The summed E-state index contributed by atoms with van der Waals surface area (Å²) < 4.78 is 25.9. The fourth-order valence-electron chi connectivity index (χ4n) is 3.29. The van der Waals surface area contributed by atoms with Crippen LogP contribution in [0.4, 0.5) is 10.2 Å². The standard InChI is InChI=1S/C26H23ClFN3O3/c1-2-33-22-10-12-23(13-11-22)34-17-19-4-3-5-20(14-19)26(32)29-25-24(27)16-31(30-25)15-18-6-8-21(28)9-7-18/h3-14,16H,2,15,17H2,1H3,(H,29,30,32). The molecule has 174 valence electrons. The summed E-state index contributed by atoms with van der Waals surface area (Å²) in [5, 5.41) is 7.39. The summed E-state index contributed by atoms with van der Waals surface area (Å²) in [6, 6.07) is 20.6. The molecule has 0 aliphatic rings. The first-order chi connectivity index (χ1) is 16.5. The normalized spacial score (nSPS) is 10.7. The van der Waals surface area contributed by atoms with Crippen LogP contribution in [-0.2, 0) is 13.2 Å². The number of nitrogens with one attached hydrogen (secondary N) is 1. The maximum atomic E-state index is 13.1. The minimum atomic E-state index is -0.336. The second-order valence-electron chi connectivity index (χ2n) is 7.50. The summed E-state index contributed by atoms with van der Waals surface area (Å²) in [7, 11) is 0. The predicted octanol–water partition coefficient (Wildman–Crippen LogP) is 5.95. The van der Waals surface area contributed by atoms with Gasteiger partial charge in [0.1, 0.15) is 28.9 Å². The molecule has 1 aromatic heterocycles. The smallest absolute Gasteiger partial charge is 0.256 e. The number of halogens is 2. The zero-order valence-corrected chi connectivity index (χ0v) is 19.3. The summed E-state index contributed by atoms with van der Waals surface area (Å²) in [6.45, 7) is 3.24. The molecule has 0 spiro atoms. The molecule has 1 amide bonds. The molecule has 4 aromatic rings. The van der Waals surface area contributed by atoms with Crippen LogP contribution in [0.2, 0.25) is 5.02 Å². The van der Waals surface area contributed by atoms with Crippen LogP contribution >= 0.6 is 11.6 Å². The van der Waals surface area contributed by atoms with Crippen LogP contribution in [0.25, 0.3) is 0 Å². The maximum Gasteiger partial charge on any atom is 0.256 e. The van der Waals surface area contributed by atoms with Gasteiger partial charge in [0.15, 0.2) is 5.82 Å². The Balaban J connectivity index is 1.37. The van der Waals surface area contributed by atoms with E-state index in [1.807, 2.05) is 37.3 Å². The van der Waals surface area contributed by atoms with Crippen molar-refractivity contribution < 1.29 is 18.7 Å². The van der Waals surface area contributed by atoms with Crippen LogP contribution < -0.4 is 14.8 Å². The number of amides is 1. The van der Waals surface area contributed by atoms with Gasteiger partial charge in [-0.1, -0.05) is 35.9 Å². The van der Waals surface area contributed by atoms with E-state index in [0.717, 1.165) is 16.9 Å². The number of aromatic nitrogens is 2. The molecule has 6 nitrogen and oxygen atoms in total. The number of hydrogen-bond donors (Lipinski definition) is 1. The van der Waals surface area contributed by atoms with E-state index in [2.05, 4.69) is 10.4 Å². The Morgan fingerprint density at radius 1 is 1.00 bits per heavy atom. The molecule has 0 radical (unpaired) electrons. The van der Waals surface area contributed by atoms with Crippen molar-refractivity contribution in [3.63, 3.8) is 0 Å². The summed E-state index contributed by atoms with van der Waals surface area (Å²) in [5.41, 5.74) is 2.16. The molecule has 0 fully saturated rings. The molecule has 4 rings (SSSR count). The van der Waals surface area contributed by atoms with E-state index >= 15 is 0 Å². The minimum absolute atomic E-state index is 0.254. The van der Waals surface area contributed by atoms with Crippen molar-refractivity contribution in [1.29, 1.82) is 0 Å². The summed E-state index contributed by atoms with van der Waals surface area (Å²) >= 11 is 6.26. The average Bonchev–Trinajstić information content (AvgIpc) is 3.18. The summed E-state index contributed by atoms with van der Waals surface area (Å²) in [4.78, 5) is 12.8. The van der Waals surface area contributed by atoms with Crippen LogP contribution in [0.15, 0.2) is 79.0 Å². The van der Waals surface area contributed by atoms with Gasteiger partial charge in [-0.15, -0.1) is 0 Å². The second-order valence-corrected chi connectivity index (χ2v) is 7.90. The molecule has 0 saturated heterocycles. The number of anilines is 1. The quantitative estimate of drug-likeness (QED) is 0.322. The van der Waals surface area contributed by atoms with Crippen LogP contribution in [0.1, 0.15) is 28.4 Å². The third-order valence-corrected chi connectivity index (χ3v) is 5.21.